The highest BCUT2D eigenvalue weighted by Crippen LogP contribution is 2.35. The molecular weight excluding hydrogens is 248 g/mol. The van der Waals surface area contributed by atoms with Crippen LogP contribution in [0.2, 0.25) is 0 Å². The van der Waals surface area contributed by atoms with Crippen molar-refractivity contribution in [3.05, 3.63) is 28.2 Å². The molecule has 4 nitrogen and oxygen atoms in total. The third-order valence-electron chi connectivity index (χ3n) is 3.05. The molecule has 0 saturated heterocycles. The molecule has 2 heterocycles. The monoisotopic (exact) mass is 266 g/mol. The molecule has 0 spiro atoms. The number of hydrogen-bond donors (Lipinski definition) is 1. The van der Waals surface area contributed by atoms with Crippen LogP contribution in [0, 0.1) is 0 Å². The van der Waals surface area contributed by atoms with E-state index in [1.807, 2.05) is 6.92 Å². The van der Waals surface area contributed by atoms with Crippen LogP contribution in [0.1, 0.15) is 27.7 Å². The molecule has 18 heavy (non-hydrogen) atoms. The van der Waals surface area contributed by atoms with Gasteiger partial charge in [0.15, 0.2) is 0 Å². The SMILES string of the molecule is C=C(C)CN1CCc2c(sc(N)c2C(=O)OC)C1. The second-order valence-corrected chi connectivity index (χ2v) is 5.79. The Hall–Kier alpha value is -1.33. The highest BCUT2D eigenvalue weighted by atomic mass is 32.1. The molecule has 0 atom stereocenters. The van der Waals surface area contributed by atoms with Crippen molar-refractivity contribution in [1.82, 2.24) is 4.90 Å². The fourth-order valence-electron chi connectivity index (χ4n) is 2.32. The van der Waals surface area contributed by atoms with E-state index in [-0.39, 0.29) is 5.97 Å². The number of nitrogens with zero attached hydrogens (tertiary/aromatic N) is 1. The van der Waals surface area contributed by atoms with E-state index in [9.17, 15) is 4.79 Å². The molecule has 0 aromatic carbocycles. The van der Waals surface area contributed by atoms with Crippen molar-refractivity contribution in [3.8, 4) is 0 Å². The lowest BCUT2D eigenvalue weighted by atomic mass is 10.0. The molecule has 98 valence electrons. The van der Waals surface area contributed by atoms with Gasteiger partial charge in [0.2, 0.25) is 0 Å². The fraction of sp³-hybridized carbons (Fsp3) is 0.462. The van der Waals surface area contributed by atoms with E-state index in [2.05, 4.69) is 11.5 Å². The summed E-state index contributed by atoms with van der Waals surface area (Å²) in [6.07, 6.45) is 0.848. The van der Waals surface area contributed by atoms with Crippen LogP contribution in [0.15, 0.2) is 12.2 Å². The van der Waals surface area contributed by atoms with Crippen molar-refractivity contribution in [2.45, 2.75) is 19.9 Å². The van der Waals surface area contributed by atoms with Crippen LogP contribution in [-0.4, -0.2) is 31.1 Å². The molecule has 0 unspecified atom stereocenters. The summed E-state index contributed by atoms with van der Waals surface area (Å²) in [5.41, 5.74) is 8.72. The number of nitrogens with two attached hydrogens (primary N) is 1. The second kappa shape index (κ2) is 5.12. The molecule has 1 aliphatic rings. The van der Waals surface area contributed by atoms with Crippen molar-refractivity contribution >= 4 is 22.3 Å². The smallest absolute Gasteiger partial charge is 0.341 e. The third-order valence-corrected chi connectivity index (χ3v) is 4.09. The van der Waals surface area contributed by atoms with Gasteiger partial charge in [0.05, 0.1) is 12.7 Å². The standard InChI is InChI=1S/C13H18N2O2S/c1-8(2)6-15-5-4-9-10(7-15)18-12(14)11(9)13(16)17-3/h1,4-7,14H2,2-3H3. The molecule has 5 heteroatoms. The first kappa shape index (κ1) is 13.1. The van der Waals surface area contributed by atoms with E-state index >= 15 is 0 Å². The first-order valence-electron chi connectivity index (χ1n) is 5.88. The molecule has 0 aliphatic carbocycles. The Balaban J connectivity index is 2.25. The molecule has 0 saturated carbocycles. The number of methoxy groups -OCH3 is 1. The number of anilines is 1. The highest BCUT2D eigenvalue weighted by molar-refractivity contribution is 7.16. The minimum atomic E-state index is -0.321. The lowest BCUT2D eigenvalue weighted by molar-refractivity contribution is 0.0600. The number of thiophene rings is 1. The van der Waals surface area contributed by atoms with Crippen LogP contribution in [-0.2, 0) is 17.7 Å². The normalized spacial score (nSPS) is 15.2. The first-order chi connectivity index (χ1) is 8.52. The van der Waals surface area contributed by atoms with Gasteiger partial charge >= 0.3 is 5.97 Å². The topological polar surface area (TPSA) is 55.6 Å². The number of carbonyl (C=O) groups is 1. The van der Waals surface area contributed by atoms with Crippen molar-refractivity contribution in [3.63, 3.8) is 0 Å². The first-order valence-corrected chi connectivity index (χ1v) is 6.69. The maximum atomic E-state index is 11.7. The molecule has 2 N–H and O–H groups in total. The minimum absolute atomic E-state index is 0.321. The number of ether oxygens (including phenoxy) is 1. The fourth-order valence-corrected chi connectivity index (χ4v) is 3.47. The van der Waals surface area contributed by atoms with Crippen molar-refractivity contribution < 1.29 is 9.53 Å². The Kier molecular flexibility index (Phi) is 3.73. The van der Waals surface area contributed by atoms with Crippen LogP contribution >= 0.6 is 11.3 Å². The Labute approximate surface area is 111 Å². The number of carbonyl (C=O) groups excluding carboxylic acids is 1. The van der Waals surface area contributed by atoms with Gasteiger partial charge in [-0.1, -0.05) is 12.2 Å². The predicted molar refractivity (Wildman–Crippen MR) is 73.9 cm³/mol. The van der Waals surface area contributed by atoms with Gasteiger partial charge in [-0.15, -0.1) is 11.3 Å². The van der Waals surface area contributed by atoms with Crippen LogP contribution in [0.25, 0.3) is 0 Å². The lowest BCUT2D eigenvalue weighted by Crippen LogP contribution is -2.31. The summed E-state index contributed by atoms with van der Waals surface area (Å²) in [6, 6.07) is 0. The van der Waals surface area contributed by atoms with Crippen LogP contribution in [0.4, 0.5) is 5.00 Å². The van der Waals surface area contributed by atoms with E-state index in [0.717, 1.165) is 37.2 Å². The summed E-state index contributed by atoms with van der Waals surface area (Å²) in [6.45, 7) is 8.62. The molecule has 0 fully saturated rings. The van der Waals surface area contributed by atoms with Gasteiger partial charge in [0, 0.05) is 24.5 Å². The Morgan fingerprint density at radius 1 is 1.61 bits per heavy atom. The van der Waals surface area contributed by atoms with Gasteiger partial charge in [-0.05, 0) is 18.9 Å². The second-order valence-electron chi connectivity index (χ2n) is 4.65. The molecule has 0 bridgehead atoms. The molecular formula is C13H18N2O2S. The molecule has 2 rings (SSSR count). The van der Waals surface area contributed by atoms with E-state index in [0.29, 0.717) is 10.6 Å². The quantitative estimate of drug-likeness (QED) is 0.672. The maximum Gasteiger partial charge on any atom is 0.341 e. The largest absolute Gasteiger partial charge is 0.465 e. The Morgan fingerprint density at radius 3 is 2.94 bits per heavy atom. The number of fused-ring (bicyclic) bond motifs is 1. The van der Waals surface area contributed by atoms with Crippen molar-refractivity contribution in [1.29, 1.82) is 0 Å². The number of hydrogen-bond acceptors (Lipinski definition) is 5. The van der Waals surface area contributed by atoms with E-state index in [1.165, 1.54) is 23.3 Å². The molecule has 1 aliphatic heterocycles. The maximum absolute atomic E-state index is 11.7. The summed E-state index contributed by atoms with van der Waals surface area (Å²) in [7, 11) is 1.39. The summed E-state index contributed by atoms with van der Waals surface area (Å²) in [4.78, 5) is 15.2. The van der Waals surface area contributed by atoms with Gasteiger partial charge in [0.1, 0.15) is 5.00 Å². The van der Waals surface area contributed by atoms with Gasteiger partial charge in [-0.3, -0.25) is 4.90 Å². The highest BCUT2D eigenvalue weighted by Gasteiger charge is 2.27. The van der Waals surface area contributed by atoms with Crippen molar-refractivity contribution in [2.24, 2.45) is 0 Å². The average Bonchev–Trinajstić information content (AvgIpc) is 2.62. The summed E-state index contributed by atoms with van der Waals surface area (Å²) < 4.78 is 4.79. The minimum Gasteiger partial charge on any atom is -0.465 e. The predicted octanol–water partition coefficient (Wildman–Crippen LogP) is 2.05. The average molecular weight is 266 g/mol. The van der Waals surface area contributed by atoms with Gasteiger partial charge < -0.3 is 10.5 Å². The van der Waals surface area contributed by atoms with Gasteiger partial charge in [0.25, 0.3) is 0 Å². The van der Waals surface area contributed by atoms with Crippen LogP contribution < -0.4 is 5.73 Å². The van der Waals surface area contributed by atoms with Gasteiger partial charge in [-0.2, -0.15) is 0 Å². The zero-order chi connectivity index (χ0) is 13.3. The zero-order valence-electron chi connectivity index (χ0n) is 10.8. The van der Waals surface area contributed by atoms with Crippen molar-refractivity contribution in [2.75, 3.05) is 25.9 Å². The Bertz CT molecular complexity index is 493. The third kappa shape index (κ3) is 2.42. The van der Waals surface area contributed by atoms with Crippen LogP contribution in [0.3, 0.4) is 0 Å². The number of esters is 1. The molecule has 1 aromatic heterocycles. The van der Waals surface area contributed by atoms with E-state index in [1.54, 1.807) is 0 Å². The molecule has 1 aromatic rings. The van der Waals surface area contributed by atoms with Gasteiger partial charge in [-0.25, -0.2) is 4.79 Å². The number of rotatable bonds is 3. The zero-order valence-corrected chi connectivity index (χ0v) is 11.6. The molecule has 0 amide bonds. The summed E-state index contributed by atoms with van der Waals surface area (Å²) in [5.74, 6) is -0.321. The Morgan fingerprint density at radius 2 is 2.33 bits per heavy atom. The summed E-state index contributed by atoms with van der Waals surface area (Å²) >= 11 is 1.50. The molecule has 0 radical (unpaired) electrons. The van der Waals surface area contributed by atoms with E-state index < -0.39 is 0 Å². The number of nitrogen functional groups attached to an aromatic ring is 1. The summed E-state index contributed by atoms with van der Waals surface area (Å²) in [5, 5.41) is 0.573. The van der Waals surface area contributed by atoms with E-state index in [4.69, 9.17) is 10.5 Å². The lowest BCUT2D eigenvalue weighted by Gasteiger charge is -2.26. The van der Waals surface area contributed by atoms with Crippen LogP contribution in [0.5, 0.6) is 0 Å².